The van der Waals surface area contributed by atoms with Crippen LogP contribution in [0.4, 0.5) is 11.5 Å². The van der Waals surface area contributed by atoms with E-state index < -0.39 is 0 Å². The van der Waals surface area contributed by atoms with Crippen LogP contribution in [0.25, 0.3) is 0 Å². The first-order chi connectivity index (χ1) is 17.5. The number of carbonyl (C=O) groups is 2. The molecule has 2 amide bonds. The smallest absolute Gasteiger partial charge is 0.254 e. The van der Waals surface area contributed by atoms with Crippen LogP contribution in [0.2, 0.25) is 5.02 Å². The van der Waals surface area contributed by atoms with Crippen LogP contribution in [0.15, 0.2) is 66.9 Å². The molecule has 0 saturated carbocycles. The molecule has 7 nitrogen and oxygen atoms in total. The molecule has 3 heterocycles. The number of rotatable bonds is 5. The minimum absolute atomic E-state index is 0.0586. The second-order valence-electron chi connectivity index (χ2n) is 9.32. The van der Waals surface area contributed by atoms with Crippen LogP contribution < -0.4 is 9.80 Å². The fraction of sp³-hybridized carbons (Fsp3) is 0.321. The zero-order chi connectivity index (χ0) is 25.1. The third-order valence-corrected chi connectivity index (χ3v) is 7.26. The summed E-state index contributed by atoms with van der Waals surface area (Å²) in [5, 5.41) is 0.784. The van der Waals surface area contributed by atoms with Gasteiger partial charge in [0.2, 0.25) is 5.91 Å². The van der Waals surface area contributed by atoms with E-state index in [4.69, 9.17) is 11.6 Å². The summed E-state index contributed by atoms with van der Waals surface area (Å²) in [7, 11) is 0. The molecule has 2 aliphatic rings. The van der Waals surface area contributed by atoms with Gasteiger partial charge in [0, 0.05) is 57.6 Å². The van der Waals surface area contributed by atoms with Crippen molar-refractivity contribution in [3.8, 4) is 0 Å². The maximum atomic E-state index is 13.4. The van der Waals surface area contributed by atoms with Crippen LogP contribution in [0.1, 0.15) is 21.5 Å². The first-order valence-electron chi connectivity index (χ1n) is 12.3. The lowest BCUT2D eigenvalue weighted by Crippen LogP contribution is -2.52. The highest BCUT2D eigenvalue weighted by Gasteiger charge is 2.30. The number of para-hydroxylation sites is 1. The number of aryl methyl sites for hydroxylation is 1. The SMILES string of the molecule is Cc1ccc(CN2CCN(c3ccccc3Cl)CC2)cc1C(=O)N1CCN(c2ccccn2)C(=O)C1. The Kier molecular flexibility index (Phi) is 7.20. The normalized spacial score (nSPS) is 16.9. The van der Waals surface area contributed by atoms with E-state index in [2.05, 4.69) is 26.9 Å². The van der Waals surface area contributed by atoms with Crippen molar-refractivity contribution in [2.45, 2.75) is 13.5 Å². The number of carbonyl (C=O) groups excluding carboxylic acids is 2. The van der Waals surface area contributed by atoms with Crippen LogP contribution in [-0.4, -0.2) is 72.4 Å². The van der Waals surface area contributed by atoms with Crippen LogP contribution in [0, 0.1) is 6.92 Å². The lowest BCUT2D eigenvalue weighted by atomic mass is 10.0. The predicted molar refractivity (Wildman–Crippen MR) is 143 cm³/mol. The van der Waals surface area contributed by atoms with Gasteiger partial charge in [0.25, 0.3) is 5.91 Å². The highest BCUT2D eigenvalue weighted by Crippen LogP contribution is 2.26. The average molecular weight is 504 g/mol. The number of nitrogens with zero attached hydrogens (tertiary/aromatic N) is 5. The number of halogens is 1. The minimum atomic E-state index is -0.113. The molecule has 2 saturated heterocycles. The number of hydrogen-bond donors (Lipinski definition) is 0. The van der Waals surface area contributed by atoms with E-state index in [1.807, 2.05) is 55.5 Å². The number of amides is 2. The Hall–Kier alpha value is -3.42. The summed E-state index contributed by atoms with van der Waals surface area (Å²) >= 11 is 6.38. The summed E-state index contributed by atoms with van der Waals surface area (Å²) in [6, 6.07) is 19.6. The molecule has 2 fully saturated rings. The Bertz CT molecular complexity index is 1240. The predicted octanol–water partition coefficient (Wildman–Crippen LogP) is 3.85. The van der Waals surface area contributed by atoms with Gasteiger partial charge < -0.3 is 9.80 Å². The molecule has 3 aromatic rings. The fourth-order valence-electron chi connectivity index (χ4n) is 4.88. The summed E-state index contributed by atoms with van der Waals surface area (Å²) in [6.45, 7) is 7.37. The van der Waals surface area contributed by atoms with E-state index in [9.17, 15) is 9.59 Å². The molecule has 5 rings (SSSR count). The van der Waals surface area contributed by atoms with Crippen LogP contribution in [-0.2, 0) is 11.3 Å². The molecular weight excluding hydrogens is 474 g/mol. The van der Waals surface area contributed by atoms with Crippen molar-refractivity contribution in [1.29, 1.82) is 0 Å². The molecule has 8 heteroatoms. The van der Waals surface area contributed by atoms with E-state index in [-0.39, 0.29) is 18.4 Å². The van der Waals surface area contributed by atoms with Gasteiger partial charge in [-0.25, -0.2) is 4.98 Å². The molecule has 0 bridgehead atoms. The van der Waals surface area contributed by atoms with E-state index >= 15 is 0 Å². The molecule has 0 unspecified atom stereocenters. The molecule has 0 atom stereocenters. The monoisotopic (exact) mass is 503 g/mol. The summed E-state index contributed by atoms with van der Waals surface area (Å²) < 4.78 is 0. The Morgan fingerprint density at radius 1 is 0.944 bits per heavy atom. The maximum Gasteiger partial charge on any atom is 0.254 e. The van der Waals surface area contributed by atoms with Gasteiger partial charge in [-0.15, -0.1) is 0 Å². The van der Waals surface area contributed by atoms with E-state index in [1.54, 1.807) is 16.0 Å². The fourth-order valence-corrected chi connectivity index (χ4v) is 5.14. The zero-order valence-electron chi connectivity index (χ0n) is 20.4. The summed E-state index contributed by atoms with van der Waals surface area (Å²) in [6.07, 6.45) is 1.67. The highest BCUT2D eigenvalue weighted by molar-refractivity contribution is 6.33. The molecule has 0 N–H and O–H groups in total. The van der Waals surface area contributed by atoms with E-state index in [0.717, 1.165) is 54.6 Å². The average Bonchev–Trinajstić information content (AvgIpc) is 2.91. The molecule has 2 aromatic carbocycles. The molecule has 2 aliphatic heterocycles. The van der Waals surface area contributed by atoms with Crippen molar-refractivity contribution in [3.05, 3.63) is 88.6 Å². The first-order valence-corrected chi connectivity index (χ1v) is 12.7. The van der Waals surface area contributed by atoms with Crippen molar-refractivity contribution in [3.63, 3.8) is 0 Å². The first kappa shape index (κ1) is 24.3. The Labute approximate surface area is 216 Å². The second-order valence-corrected chi connectivity index (χ2v) is 9.73. The van der Waals surface area contributed by atoms with Gasteiger partial charge >= 0.3 is 0 Å². The number of piperazine rings is 2. The minimum Gasteiger partial charge on any atom is -0.368 e. The number of anilines is 2. The Morgan fingerprint density at radius 2 is 1.72 bits per heavy atom. The van der Waals surface area contributed by atoms with Crippen molar-refractivity contribution in [2.75, 3.05) is 55.6 Å². The lowest BCUT2D eigenvalue weighted by molar-refractivity contribution is -0.120. The van der Waals surface area contributed by atoms with Gasteiger partial charge in [-0.05, 0) is 48.4 Å². The zero-order valence-corrected chi connectivity index (χ0v) is 21.2. The van der Waals surface area contributed by atoms with Gasteiger partial charge in [-0.2, -0.15) is 0 Å². The molecule has 0 radical (unpaired) electrons. The third-order valence-electron chi connectivity index (χ3n) is 6.94. The maximum absolute atomic E-state index is 13.4. The largest absolute Gasteiger partial charge is 0.368 e. The summed E-state index contributed by atoms with van der Waals surface area (Å²) in [4.78, 5) is 38.5. The number of aromatic nitrogens is 1. The molecule has 0 spiro atoms. The van der Waals surface area contributed by atoms with E-state index in [0.29, 0.717) is 24.5 Å². The summed E-state index contributed by atoms with van der Waals surface area (Å²) in [5.41, 5.74) is 3.78. The molecular formula is C28H30ClN5O2. The van der Waals surface area contributed by atoms with Gasteiger partial charge in [0.1, 0.15) is 12.4 Å². The van der Waals surface area contributed by atoms with Gasteiger partial charge in [-0.1, -0.05) is 41.9 Å². The number of benzene rings is 2. The van der Waals surface area contributed by atoms with Crippen molar-refractivity contribution < 1.29 is 9.59 Å². The second kappa shape index (κ2) is 10.7. The third kappa shape index (κ3) is 5.22. The number of pyridine rings is 1. The van der Waals surface area contributed by atoms with Gasteiger partial charge in [0.15, 0.2) is 0 Å². The standard InChI is InChI=1S/C28H30ClN5O2/c1-21-9-10-22(19-31-12-14-32(15-13-31)25-7-3-2-6-24(25)29)18-23(21)28(36)33-16-17-34(27(35)20-33)26-8-4-5-11-30-26/h2-11,18H,12-17,19-20H2,1H3. The summed E-state index contributed by atoms with van der Waals surface area (Å²) in [5.74, 6) is 0.424. The van der Waals surface area contributed by atoms with Crippen LogP contribution >= 0.6 is 11.6 Å². The van der Waals surface area contributed by atoms with Crippen molar-refractivity contribution >= 4 is 34.9 Å². The molecule has 0 aliphatic carbocycles. The van der Waals surface area contributed by atoms with Crippen LogP contribution in [0.3, 0.4) is 0 Å². The van der Waals surface area contributed by atoms with Crippen molar-refractivity contribution in [2.24, 2.45) is 0 Å². The van der Waals surface area contributed by atoms with Gasteiger partial charge in [-0.3, -0.25) is 19.4 Å². The quantitative estimate of drug-likeness (QED) is 0.529. The van der Waals surface area contributed by atoms with E-state index in [1.165, 1.54) is 0 Å². The topological polar surface area (TPSA) is 60.0 Å². The molecule has 36 heavy (non-hydrogen) atoms. The van der Waals surface area contributed by atoms with Crippen LogP contribution in [0.5, 0.6) is 0 Å². The Morgan fingerprint density at radius 3 is 2.44 bits per heavy atom. The molecule has 1 aromatic heterocycles. The lowest BCUT2D eigenvalue weighted by Gasteiger charge is -2.36. The Balaban J connectivity index is 1.21. The number of hydrogen-bond acceptors (Lipinski definition) is 5. The van der Waals surface area contributed by atoms with Crippen molar-refractivity contribution in [1.82, 2.24) is 14.8 Å². The molecule has 186 valence electrons. The highest BCUT2D eigenvalue weighted by atomic mass is 35.5. The van der Waals surface area contributed by atoms with Gasteiger partial charge in [0.05, 0.1) is 10.7 Å².